The summed E-state index contributed by atoms with van der Waals surface area (Å²) in [6.45, 7) is 3.59. The molecule has 1 aliphatic rings. The molecule has 8 heteroatoms. The number of fused-ring (bicyclic) bond motifs is 1. The van der Waals surface area contributed by atoms with Crippen LogP contribution >= 0.6 is 11.8 Å². The summed E-state index contributed by atoms with van der Waals surface area (Å²) in [6, 6.07) is 26.0. The van der Waals surface area contributed by atoms with Gasteiger partial charge in [-0.2, -0.15) is 13.2 Å². The molecule has 0 N–H and O–H groups in total. The van der Waals surface area contributed by atoms with Crippen LogP contribution in [0.3, 0.4) is 0 Å². The Bertz CT molecular complexity index is 1380. The zero-order chi connectivity index (χ0) is 26.0. The number of nitrogens with zero attached hydrogens (tertiary/aromatic N) is 3. The van der Waals surface area contributed by atoms with Crippen molar-refractivity contribution in [1.82, 2.24) is 14.5 Å². The summed E-state index contributed by atoms with van der Waals surface area (Å²) in [5.74, 6) is 0.674. The van der Waals surface area contributed by atoms with Crippen LogP contribution in [0.25, 0.3) is 0 Å². The van der Waals surface area contributed by atoms with E-state index in [0.29, 0.717) is 30.9 Å². The molecule has 190 valence electrons. The van der Waals surface area contributed by atoms with Gasteiger partial charge in [-0.3, -0.25) is 14.3 Å². The van der Waals surface area contributed by atoms with E-state index in [-0.39, 0.29) is 28.3 Å². The van der Waals surface area contributed by atoms with Gasteiger partial charge in [0.25, 0.3) is 5.56 Å². The normalized spacial score (nSPS) is 14.1. The number of aromatic nitrogens is 2. The van der Waals surface area contributed by atoms with Crippen LogP contribution in [-0.2, 0) is 19.5 Å². The second-order valence-corrected chi connectivity index (χ2v) is 10.3. The number of halogens is 3. The Labute approximate surface area is 217 Å². The van der Waals surface area contributed by atoms with Gasteiger partial charge in [0.1, 0.15) is 5.82 Å². The van der Waals surface area contributed by atoms with Gasteiger partial charge in [-0.15, -0.1) is 0 Å². The third-order valence-electron chi connectivity index (χ3n) is 6.57. The number of benzene rings is 3. The molecule has 37 heavy (non-hydrogen) atoms. The molecule has 0 unspecified atom stereocenters. The molecule has 4 nitrogen and oxygen atoms in total. The second kappa shape index (κ2) is 10.6. The van der Waals surface area contributed by atoms with Crippen molar-refractivity contribution in [2.75, 3.05) is 6.54 Å². The van der Waals surface area contributed by atoms with E-state index in [4.69, 9.17) is 4.98 Å². The van der Waals surface area contributed by atoms with E-state index in [0.717, 1.165) is 28.9 Å². The average Bonchev–Trinajstić information content (AvgIpc) is 2.88. The minimum Gasteiger partial charge on any atom is -0.294 e. The molecule has 2 heterocycles. The Morgan fingerprint density at radius 3 is 2.08 bits per heavy atom. The fourth-order valence-corrected chi connectivity index (χ4v) is 5.46. The predicted molar refractivity (Wildman–Crippen MR) is 140 cm³/mol. The monoisotopic (exact) mass is 521 g/mol. The van der Waals surface area contributed by atoms with Gasteiger partial charge in [-0.1, -0.05) is 72.8 Å². The Kier molecular flexibility index (Phi) is 7.22. The van der Waals surface area contributed by atoms with Gasteiger partial charge in [-0.25, -0.2) is 4.98 Å². The standard InChI is InChI=1S/C29H26F3N3OS/c1-20-33-26-16-17-34(18-21-12-14-24(15-13-21)37-29(30,31)32)19-25(26)28(36)35(20)27(22-8-4-2-5-9-22)23-10-6-3-7-11-23/h2-15,27H,16-19H2,1H3. The van der Waals surface area contributed by atoms with Crippen LogP contribution < -0.4 is 5.56 Å². The average molecular weight is 522 g/mol. The molecule has 0 radical (unpaired) electrons. The van der Waals surface area contributed by atoms with Gasteiger partial charge in [0, 0.05) is 31.0 Å². The van der Waals surface area contributed by atoms with Crippen LogP contribution in [0.1, 0.15) is 39.8 Å². The summed E-state index contributed by atoms with van der Waals surface area (Å²) in [6.07, 6.45) is 0.648. The molecule has 5 rings (SSSR count). The maximum absolute atomic E-state index is 14.0. The molecular formula is C29H26F3N3OS. The lowest BCUT2D eigenvalue weighted by atomic mass is 9.97. The minimum absolute atomic E-state index is 0.0539. The van der Waals surface area contributed by atoms with Crippen molar-refractivity contribution in [1.29, 1.82) is 0 Å². The molecule has 0 atom stereocenters. The van der Waals surface area contributed by atoms with Crippen molar-refractivity contribution in [2.24, 2.45) is 0 Å². The SMILES string of the molecule is Cc1nc2c(c(=O)n1C(c1ccccc1)c1ccccc1)CN(Cc1ccc(SC(F)(F)F)cc1)CC2. The summed E-state index contributed by atoms with van der Waals surface area (Å²) in [7, 11) is 0. The summed E-state index contributed by atoms with van der Waals surface area (Å²) in [5, 5.41) is 0. The molecule has 1 aliphatic heterocycles. The number of thioether (sulfide) groups is 1. The van der Waals surface area contributed by atoms with Crippen LogP contribution in [0.5, 0.6) is 0 Å². The molecule has 3 aromatic carbocycles. The van der Waals surface area contributed by atoms with Crippen molar-refractivity contribution in [3.05, 3.63) is 129 Å². The highest BCUT2D eigenvalue weighted by Crippen LogP contribution is 2.37. The lowest BCUT2D eigenvalue weighted by molar-refractivity contribution is -0.0328. The summed E-state index contributed by atoms with van der Waals surface area (Å²) >= 11 is -0.116. The third-order valence-corrected chi connectivity index (χ3v) is 7.31. The quantitative estimate of drug-likeness (QED) is 0.277. The molecule has 0 saturated carbocycles. The Morgan fingerprint density at radius 1 is 0.919 bits per heavy atom. The first kappa shape index (κ1) is 25.3. The second-order valence-electron chi connectivity index (χ2n) is 9.14. The number of aryl methyl sites for hydroxylation is 1. The molecule has 4 aromatic rings. The Balaban J connectivity index is 1.45. The fraction of sp³-hybridized carbons (Fsp3) is 0.241. The van der Waals surface area contributed by atoms with E-state index in [9.17, 15) is 18.0 Å². The lowest BCUT2D eigenvalue weighted by Gasteiger charge is -2.30. The fourth-order valence-electron chi connectivity index (χ4n) is 4.92. The number of hydrogen-bond acceptors (Lipinski definition) is 4. The van der Waals surface area contributed by atoms with E-state index >= 15 is 0 Å². The van der Waals surface area contributed by atoms with Crippen LogP contribution in [0.2, 0.25) is 0 Å². The van der Waals surface area contributed by atoms with Gasteiger partial charge < -0.3 is 0 Å². The van der Waals surface area contributed by atoms with Crippen LogP contribution in [0.15, 0.2) is 94.6 Å². The molecule has 0 aliphatic carbocycles. The van der Waals surface area contributed by atoms with Crippen molar-refractivity contribution in [3.8, 4) is 0 Å². The van der Waals surface area contributed by atoms with E-state index in [1.165, 1.54) is 12.1 Å². The first-order valence-electron chi connectivity index (χ1n) is 12.1. The molecular weight excluding hydrogens is 495 g/mol. The first-order valence-corrected chi connectivity index (χ1v) is 12.9. The molecule has 0 spiro atoms. The molecule has 1 aromatic heterocycles. The number of rotatable bonds is 6. The van der Waals surface area contributed by atoms with Crippen LogP contribution in [0.4, 0.5) is 13.2 Å². The highest BCUT2D eigenvalue weighted by Gasteiger charge is 2.29. The first-order chi connectivity index (χ1) is 17.8. The van der Waals surface area contributed by atoms with Gasteiger partial charge in [0.2, 0.25) is 0 Å². The largest absolute Gasteiger partial charge is 0.446 e. The molecule has 0 bridgehead atoms. The van der Waals surface area contributed by atoms with Crippen LogP contribution in [0, 0.1) is 6.92 Å². The van der Waals surface area contributed by atoms with Gasteiger partial charge in [0.15, 0.2) is 0 Å². The highest BCUT2D eigenvalue weighted by atomic mass is 32.2. The maximum atomic E-state index is 14.0. The van der Waals surface area contributed by atoms with Gasteiger partial charge in [-0.05, 0) is 47.5 Å². The summed E-state index contributed by atoms with van der Waals surface area (Å²) < 4.78 is 39.7. The van der Waals surface area contributed by atoms with Crippen LogP contribution in [-0.4, -0.2) is 26.5 Å². The Morgan fingerprint density at radius 2 is 1.51 bits per heavy atom. The van der Waals surface area contributed by atoms with Crippen molar-refractivity contribution < 1.29 is 13.2 Å². The zero-order valence-electron chi connectivity index (χ0n) is 20.3. The number of hydrogen-bond donors (Lipinski definition) is 0. The third kappa shape index (κ3) is 5.81. The maximum Gasteiger partial charge on any atom is 0.446 e. The van der Waals surface area contributed by atoms with E-state index in [1.54, 1.807) is 16.7 Å². The Hall–Kier alpha value is -3.36. The van der Waals surface area contributed by atoms with E-state index in [2.05, 4.69) is 4.90 Å². The van der Waals surface area contributed by atoms with Crippen molar-refractivity contribution in [3.63, 3.8) is 0 Å². The van der Waals surface area contributed by atoms with E-state index < -0.39 is 5.51 Å². The van der Waals surface area contributed by atoms with E-state index in [1.807, 2.05) is 67.6 Å². The summed E-state index contributed by atoms with van der Waals surface area (Å²) in [5.41, 5.74) is 0.0594. The predicted octanol–water partition coefficient (Wildman–Crippen LogP) is 6.36. The lowest BCUT2D eigenvalue weighted by Crippen LogP contribution is -2.40. The zero-order valence-corrected chi connectivity index (χ0v) is 21.1. The molecule has 0 amide bonds. The minimum atomic E-state index is -4.31. The van der Waals surface area contributed by atoms with Crippen molar-refractivity contribution >= 4 is 11.8 Å². The van der Waals surface area contributed by atoms with Gasteiger partial charge in [0.05, 0.1) is 17.3 Å². The highest BCUT2D eigenvalue weighted by molar-refractivity contribution is 8.00. The number of alkyl halides is 3. The van der Waals surface area contributed by atoms with Crippen molar-refractivity contribution in [2.45, 2.75) is 42.9 Å². The summed E-state index contributed by atoms with van der Waals surface area (Å²) in [4.78, 5) is 21.2. The van der Waals surface area contributed by atoms with Gasteiger partial charge >= 0.3 is 5.51 Å². The molecule has 0 fully saturated rings. The smallest absolute Gasteiger partial charge is 0.294 e. The molecule has 0 saturated heterocycles. The topological polar surface area (TPSA) is 38.1 Å².